The van der Waals surface area contributed by atoms with Crippen LogP contribution in [0.15, 0.2) is 0 Å². The number of aliphatic carboxylic acids is 1. The molecule has 0 spiro atoms. The van der Waals surface area contributed by atoms with Gasteiger partial charge in [-0.05, 0) is 136 Å². The van der Waals surface area contributed by atoms with Crippen LogP contribution in [0.2, 0.25) is 0 Å². The first kappa shape index (κ1) is 83.1. The Kier molecular flexibility index (Phi) is 38.8. The summed E-state index contributed by atoms with van der Waals surface area (Å²) in [5, 5.41) is 37.9. The summed E-state index contributed by atoms with van der Waals surface area (Å²) in [6, 6.07) is -12.3. The molecule has 0 saturated carbocycles. The van der Waals surface area contributed by atoms with E-state index in [1.165, 1.54) is 0 Å². The molecule has 13 N–H and O–H groups in total. The van der Waals surface area contributed by atoms with Crippen LogP contribution in [0.3, 0.4) is 0 Å². The van der Waals surface area contributed by atoms with E-state index in [2.05, 4.69) is 53.2 Å². The van der Waals surface area contributed by atoms with Crippen molar-refractivity contribution < 1.29 is 57.8 Å². The maximum Gasteiger partial charge on any atom is 0.326 e. The Morgan fingerprint density at radius 3 is 0.449 bits per heavy atom. The van der Waals surface area contributed by atoms with E-state index in [1.807, 2.05) is 152 Å². The first-order valence-corrected chi connectivity index (χ1v) is 33.0. The Balaban J connectivity index is 6.93. The van der Waals surface area contributed by atoms with Crippen LogP contribution >= 0.6 is 0 Å². The fraction of sp³-hybridized carbons (Fsp3) is 0.833. The van der Waals surface area contributed by atoms with Gasteiger partial charge in [0.1, 0.15) is 60.4 Å². The highest BCUT2D eigenvalue weighted by Gasteiger charge is 2.38. The zero-order valence-electron chi connectivity index (χ0n) is 58.5. The molecule has 0 aliphatic carbocycles. The number of carbonyl (C=O) groups excluding carboxylic acids is 10. The van der Waals surface area contributed by atoms with E-state index >= 15 is 0 Å². The summed E-state index contributed by atoms with van der Waals surface area (Å²) in [6.07, 6.45) is 2.12. The van der Waals surface area contributed by atoms with E-state index in [9.17, 15) is 57.8 Å². The Morgan fingerprint density at radius 2 is 0.326 bits per heavy atom. The molecule has 0 saturated heterocycles. The van der Waals surface area contributed by atoms with Gasteiger partial charge in [0.2, 0.25) is 59.1 Å². The van der Waals surface area contributed by atoms with E-state index in [-0.39, 0.29) is 129 Å². The maximum atomic E-state index is 14.5. The van der Waals surface area contributed by atoms with E-state index in [1.54, 1.807) is 0 Å². The summed E-state index contributed by atoms with van der Waals surface area (Å²) in [4.78, 5) is 154. The molecule has 0 rings (SSSR count). The highest BCUT2D eigenvalue weighted by Crippen LogP contribution is 2.18. The number of nitrogens with two attached hydrogens (primary N) is 1. The van der Waals surface area contributed by atoms with Crippen LogP contribution in [0.25, 0.3) is 0 Å². The highest BCUT2D eigenvalue weighted by atomic mass is 16.4. The van der Waals surface area contributed by atoms with Gasteiger partial charge >= 0.3 is 5.97 Å². The van der Waals surface area contributed by atoms with Crippen molar-refractivity contribution in [2.75, 3.05) is 0 Å². The lowest BCUT2D eigenvalue weighted by molar-refractivity contribution is -0.143. The SMILES string of the molecule is CC(C)C[C@H](NC(=O)[C@H](CC(C)C)NC(=O)[C@H](CC(C)C)NC(=O)[C@H](CC(C)C)NC(=O)[C@H](CC(C)C)NC(=O)[C@H](CC(C)C)NC(=O)[C@H](CC(C)C)NC(=O)[C@H](CC(C)C)NC(=O)[C@H](CC(C)C)NC(=O)[C@H](CC(C)C)NC(=O)[C@@H](N)CC(C)C)C(=O)O. The van der Waals surface area contributed by atoms with Crippen molar-refractivity contribution in [3.8, 4) is 0 Å². The second kappa shape index (κ2) is 41.5. The third-order valence-corrected chi connectivity index (χ3v) is 14.4. The smallest absolute Gasteiger partial charge is 0.326 e. The molecule has 0 heterocycles. The fourth-order valence-corrected chi connectivity index (χ4v) is 10.4. The normalized spacial score (nSPS) is 15.7. The van der Waals surface area contributed by atoms with Crippen LogP contribution in [0.1, 0.15) is 223 Å². The minimum Gasteiger partial charge on any atom is -0.480 e. The zero-order chi connectivity index (χ0) is 68.9. The number of nitrogens with one attached hydrogen (secondary N) is 10. The number of carboxylic acid groups (broad SMARTS) is 1. The average molecular weight is 1260 g/mol. The van der Waals surface area contributed by atoms with Gasteiger partial charge in [0.15, 0.2) is 0 Å². The van der Waals surface area contributed by atoms with Crippen molar-refractivity contribution >= 4 is 65.0 Å². The third-order valence-electron chi connectivity index (χ3n) is 14.4. The maximum absolute atomic E-state index is 14.5. The highest BCUT2D eigenvalue weighted by molar-refractivity contribution is 5.99. The van der Waals surface area contributed by atoms with Gasteiger partial charge in [-0.15, -0.1) is 0 Å². The van der Waals surface area contributed by atoms with E-state index < -0.39 is 132 Å². The monoisotopic (exact) mass is 1260 g/mol. The number of carbonyl (C=O) groups is 11. The minimum absolute atomic E-state index is 0.00398. The van der Waals surface area contributed by atoms with Crippen LogP contribution in [-0.4, -0.2) is 137 Å². The molecule has 0 aliphatic rings. The molecular weight excluding hydrogens is 1140 g/mol. The quantitative estimate of drug-likeness (QED) is 0.0346. The lowest BCUT2D eigenvalue weighted by atomic mass is 9.97. The second-order valence-electron chi connectivity index (χ2n) is 29.5. The summed E-state index contributed by atoms with van der Waals surface area (Å²) in [7, 11) is 0. The number of hydrogen-bond donors (Lipinski definition) is 12. The summed E-state index contributed by atoms with van der Waals surface area (Å²) in [6.45, 7) is 41.2. The van der Waals surface area contributed by atoms with Crippen LogP contribution < -0.4 is 58.9 Å². The molecule has 514 valence electrons. The van der Waals surface area contributed by atoms with Crippen molar-refractivity contribution in [2.24, 2.45) is 70.8 Å². The number of rotatable bonds is 43. The van der Waals surface area contributed by atoms with E-state index in [0.717, 1.165) is 0 Å². The lowest BCUT2D eigenvalue weighted by Gasteiger charge is -2.30. The van der Waals surface area contributed by atoms with Crippen molar-refractivity contribution in [2.45, 2.75) is 289 Å². The minimum atomic E-state index is -1.20. The molecule has 0 bridgehead atoms. The van der Waals surface area contributed by atoms with Crippen LogP contribution in [0.4, 0.5) is 0 Å². The first-order valence-electron chi connectivity index (χ1n) is 33.0. The van der Waals surface area contributed by atoms with Gasteiger partial charge in [0, 0.05) is 0 Å². The first-order chi connectivity index (χ1) is 41.0. The number of carboxylic acids is 1. The molecule has 11 atom stereocenters. The summed E-state index contributed by atoms with van der Waals surface area (Å²) < 4.78 is 0. The number of amides is 10. The van der Waals surface area contributed by atoms with Crippen molar-refractivity contribution in [1.29, 1.82) is 0 Å². The molecule has 0 aromatic heterocycles. The number of hydrogen-bond acceptors (Lipinski definition) is 12. The Labute approximate surface area is 534 Å². The Morgan fingerprint density at radius 1 is 0.213 bits per heavy atom. The molecule has 0 aliphatic heterocycles. The van der Waals surface area contributed by atoms with Crippen LogP contribution in [-0.2, 0) is 52.7 Å². The molecule has 23 heteroatoms. The average Bonchev–Trinajstić information content (AvgIpc) is 3.60. The largest absolute Gasteiger partial charge is 0.480 e. The van der Waals surface area contributed by atoms with Crippen molar-refractivity contribution in [1.82, 2.24) is 53.2 Å². The molecule has 0 aromatic carbocycles. The molecule has 0 fully saturated rings. The van der Waals surface area contributed by atoms with Gasteiger partial charge in [-0.3, -0.25) is 47.9 Å². The van der Waals surface area contributed by atoms with Gasteiger partial charge in [0.05, 0.1) is 6.04 Å². The molecule has 10 amide bonds. The van der Waals surface area contributed by atoms with Crippen LogP contribution in [0.5, 0.6) is 0 Å². The Bertz CT molecular complexity index is 2250. The molecule has 89 heavy (non-hydrogen) atoms. The molecule has 0 aromatic rings. The molecule has 0 unspecified atom stereocenters. The predicted molar refractivity (Wildman–Crippen MR) is 349 cm³/mol. The van der Waals surface area contributed by atoms with Gasteiger partial charge < -0.3 is 64.0 Å². The summed E-state index contributed by atoms with van der Waals surface area (Å²) in [5.74, 6) is -8.46. The second-order valence-corrected chi connectivity index (χ2v) is 29.5. The lowest BCUT2D eigenvalue weighted by Crippen LogP contribution is -2.61. The standard InChI is InChI=1S/C66H123N11O12/c1-34(2)23-45(67)56(78)68-46(24-35(3)4)57(79)69-47(25-36(5)6)58(80)70-48(26-37(7)8)59(81)71-49(27-38(9)10)60(82)72-50(28-39(11)12)61(83)73-51(29-40(13)14)62(84)74-52(30-41(15)16)63(85)75-53(31-42(17)18)64(86)76-54(32-43(19)20)65(87)77-55(66(88)89)33-44(21)22/h34-55H,23-33,67H2,1-22H3,(H,68,78)(H,69,79)(H,70,80)(H,71,81)(H,72,82)(H,73,83)(H,74,84)(H,75,85)(H,76,86)(H,77,87)(H,88,89)/t45-,46-,47-,48-,49-,50-,51-,52-,53-,54-,55-/m0/s1. The molecular formula is C66H123N11O12. The van der Waals surface area contributed by atoms with Crippen LogP contribution in [0, 0.1) is 65.1 Å². The van der Waals surface area contributed by atoms with E-state index in [0.29, 0.717) is 6.42 Å². The summed E-state index contributed by atoms with van der Waals surface area (Å²) >= 11 is 0. The fourth-order valence-electron chi connectivity index (χ4n) is 10.4. The summed E-state index contributed by atoms with van der Waals surface area (Å²) in [5.41, 5.74) is 6.17. The predicted octanol–water partition coefficient (Wildman–Crippen LogP) is 5.75. The van der Waals surface area contributed by atoms with Gasteiger partial charge in [0.25, 0.3) is 0 Å². The zero-order valence-corrected chi connectivity index (χ0v) is 58.5. The van der Waals surface area contributed by atoms with Crippen molar-refractivity contribution in [3.05, 3.63) is 0 Å². The molecule has 23 nitrogen and oxygen atoms in total. The van der Waals surface area contributed by atoms with Gasteiger partial charge in [-0.1, -0.05) is 152 Å². The van der Waals surface area contributed by atoms with E-state index in [4.69, 9.17) is 5.73 Å². The topological polar surface area (TPSA) is 354 Å². The third kappa shape index (κ3) is 35.4. The van der Waals surface area contributed by atoms with Gasteiger partial charge in [-0.2, -0.15) is 0 Å². The Hall–Kier alpha value is -5.87. The molecule has 0 radical (unpaired) electrons. The van der Waals surface area contributed by atoms with Crippen molar-refractivity contribution in [3.63, 3.8) is 0 Å². The van der Waals surface area contributed by atoms with Gasteiger partial charge in [-0.25, -0.2) is 4.79 Å².